The van der Waals surface area contributed by atoms with Gasteiger partial charge in [-0.3, -0.25) is 0 Å². The summed E-state index contributed by atoms with van der Waals surface area (Å²) in [5.41, 5.74) is 2.20. The molecule has 128 valence electrons. The summed E-state index contributed by atoms with van der Waals surface area (Å²) in [6.45, 7) is 3.72. The van der Waals surface area contributed by atoms with Gasteiger partial charge in [0.25, 0.3) is 0 Å². The fourth-order valence-electron chi connectivity index (χ4n) is 2.50. The zero-order chi connectivity index (χ0) is 16.8. The van der Waals surface area contributed by atoms with Gasteiger partial charge in [-0.05, 0) is 41.8 Å². The van der Waals surface area contributed by atoms with E-state index in [-0.39, 0.29) is 19.4 Å². The van der Waals surface area contributed by atoms with Gasteiger partial charge in [0, 0.05) is 12.6 Å². The van der Waals surface area contributed by atoms with E-state index in [0.29, 0.717) is 6.61 Å². The number of ether oxygens (including phenoxy) is 3. The molecule has 5 heteroatoms. The summed E-state index contributed by atoms with van der Waals surface area (Å²) < 4.78 is 16.5. The van der Waals surface area contributed by atoms with E-state index in [9.17, 15) is 5.11 Å². The van der Waals surface area contributed by atoms with Crippen molar-refractivity contribution in [2.45, 2.75) is 32.5 Å². The summed E-state index contributed by atoms with van der Waals surface area (Å²) >= 11 is 0. The fraction of sp³-hybridized carbons (Fsp3) is 0.368. The number of aliphatic hydroxyl groups excluding tert-OH is 1. The Bertz CT molecular complexity index is 653. The van der Waals surface area contributed by atoms with Crippen molar-refractivity contribution >= 4 is 0 Å². The molecule has 0 fully saturated rings. The lowest BCUT2D eigenvalue weighted by molar-refractivity contribution is 0.174. The fourth-order valence-corrected chi connectivity index (χ4v) is 2.50. The molecule has 3 rings (SSSR count). The van der Waals surface area contributed by atoms with Crippen molar-refractivity contribution in [3.63, 3.8) is 0 Å². The molecule has 24 heavy (non-hydrogen) atoms. The molecular formula is C19H23NO4. The van der Waals surface area contributed by atoms with Gasteiger partial charge in [-0.2, -0.15) is 0 Å². The van der Waals surface area contributed by atoms with Crippen molar-refractivity contribution in [2.24, 2.45) is 0 Å². The van der Waals surface area contributed by atoms with E-state index in [2.05, 4.69) is 12.2 Å². The first-order chi connectivity index (χ1) is 11.8. The third kappa shape index (κ3) is 4.19. The van der Waals surface area contributed by atoms with Gasteiger partial charge >= 0.3 is 0 Å². The Balaban J connectivity index is 1.51. The molecule has 0 bridgehead atoms. The molecule has 0 saturated heterocycles. The zero-order valence-electron chi connectivity index (χ0n) is 13.8. The van der Waals surface area contributed by atoms with E-state index in [4.69, 9.17) is 14.2 Å². The van der Waals surface area contributed by atoms with E-state index >= 15 is 0 Å². The largest absolute Gasteiger partial charge is 0.489 e. The lowest BCUT2D eigenvalue weighted by Gasteiger charge is -2.14. The van der Waals surface area contributed by atoms with Crippen molar-refractivity contribution in [3.05, 3.63) is 53.6 Å². The predicted molar refractivity (Wildman–Crippen MR) is 91.3 cm³/mol. The first-order valence-corrected chi connectivity index (χ1v) is 8.23. The molecule has 0 spiro atoms. The lowest BCUT2D eigenvalue weighted by Crippen LogP contribution is -2.31. The summed E-state index contributed by atoms with van der Waals surface area (Å²) in [4.78, 5) is 0. The maximum Gasteiger partial charge on any atom is 0.231 e. The first kappa shape index (κ1) is 16.6. The minimum atomic E-state index is 0.145. The molecule has 0 amide bonds. The average molecular weight is 329 g/mol. The molecule has 2 N–H and O–H groups in total. The molecule has 2 aromatic carbocycles. The van der Waals surface area contributed by atoms with Gasteiger partial charge in [-0.1, -0.05) is 25.1 Å². The van der Waals surface area contributed by atoms with E-state index in [1.165, 1.54) is 0 Å². The Labute approximate surface area is 142 Å². The normalized spacial score (nSPS) is 13.8. The molecular weight excluding hydrogens is 306 g/mol. The molecule has 1 aliphatic heterocycles. The van der Waals surface area contributed by atoms with E-state index in [1.807, 2.05) is 42.5 Å². The highest BCUT2D eigenvalue weighted by Gasteiger charge is 2.13. The van der Waals surface area contributed by atoms with Crippen LogP contribution in [-0.2, 0) is 13.2 Å². The number of hydrogen-bond acceptors (Lipinski definition) is 5. The maximum absolute atomic E-state index is 9.19. The smallest absolute Gasteiger partial charge is 0.231 e. The van der Waals surface area contributed by atoms with Crippen LogP contribution < -0.4 is 19.5 Å². The van der Waals surface area contributed by atoms with Crippen LogP contribution in [0.1, 0.15) is 24.5 Å². The average Bonchev–Trinajstić information content (AvgIpc) is 3.09. The number of nitrogens with one attached hydrogen (secondary N) is 1. The maximum atomic E-state index is 9.19. The molecule has 0 radical (unpaired) electrons. The van der Waals surface area contributed by atoms with Crippen LogP contribution in [0.5, 0.6) is 17.2 Å². The number of fused-ring (bicyclic) bond motifs is 1. The number of aliphatic hydroxyl groups is 1. The van der Waals surface area contributed by atoms with Gasteiger partial charge in [0.05, 0.1) is 6.61 Å². The van der Waals surface area contributed by atoms with Crippen LogP contribution in [0.25, 0.3) is 0 Å². The highest BCUT2D eigenvalue weighted by atomic mass is 16.7. The van der Waals surface area contributed by atoms with Crippen LogP contribution >= 0.6 is 0 Å². The Morgan fingerprint density at radius 3 is 2.58 bits per heavy atom. The van der Waals surface area contributed by atoms with Gasteiger partial charge in [0.1, 0.15) is 12.4 Å². The van der Waals surface area contributed by atoms with Crippen molar-refractivity contribution in [1.82, 2.24) is 5.32 Å². The summed E-state index contributed by atoms with van der Waals surface area (Å²) in [5, 5.41) is 12.5. The molecule has 0 aliphatic carbocycles. The summed E-state index contributed by atoms with van der Waals surface area (Å²) in [5.74, 6) is 2.38. The number of benzene rings is 2. The Kier molecular flexibility index (Phi) is 5.56. The minimum absolute atomic E-state index is 0.145. The Morgan fingerprint density at radius 2 is 1.83 bits per heavy atom. The van der Waals surface area contributed by atoms with Crippen molar-refractivity contribution < 1.29 is 19.3 Å². The second kappa shape index (κ2) is 8.04. The molecule has 1 aliphatic rings. The highest BCUT2D eigenvalue weighted by Crippen LogP contribution is 2.32. The quantitative estimate of drug-likeness (QED) is 0.780. The van der Waals surface area contributed by atoms with E-state index in [1.54, 1.807) is 0 Å². The van der Waals surface area contributed by atoms with Crippen LogP contribution in [0.15, 0.2) is 42.5 Å². The van der Waals surface area contributed by atoms with Crippen LogP contribution in [0.3, 0.4) is 0 Å². The molecule has 5 nitrogen and oxygen atoms in total. The summed E-state index contributed by atoms with van der Waals surface area (Å²) in [6.07, 6.45) is 0.910. The van der Waals surface area contributed by atoms with E-state index in [0.717, 1.165) is 41.3 Å². The molecule has 0 saturated carbocycles. The van der Waals surface area contributed by atoms with Gasteiger partial charge in [0.2, 0.25) is 6.79 Å². The van der Waals surface area contributed by atoms with Crippen LogP contribution in [0, 0.1) is 0 Å². The number of hydrogen-bond donors (Lipinski definition) is 2. The van der Waals surface area contributed by atoms with Crippen molar-refractivity contribution in [1.29, 1.82) is 0 Å². The minimum Gasteiger partial charge on any atom is -0.489 e. The van der Waals surface area contributed by atoms with Gasteiger partial charge in [-0.25, -0.2) is 0 Å². The van der Waals surface area contributed by atoms with Gasteiger partial charge < -0.3 is 24.6 Å². The second-order valence-electron chi connectivity index (χ2n) is 5.79. The van der Waals surface area contributed by atoms with E-state index < -0.39 is 0 Å². The summed E-state index contributed by atoms with van der Waals surface area (Å²) in [6, 6.07) is 14.0. The van der Waals surface area contributed by atoms with Crippen LogP contribution in [-0.4, -0.2) is 24.5 Å². The van der Waals surface area contributed by atoms with Crippen LogP contribution in [0.4, 0.5) is 0 Å². The highest BCUT2D eigenvalue weighted by molar-refractivity contribution is 5.44. The Hall–Kier alpha value is -2.24. The summed E-state index contributed by atoms with van der Waals surface area (Å²) in [7, 11) is 0. The molecule has 0 aromatic heterocycles. The first-order valence-electron chi connectivity index (χ1n) is 8.23. The Morgan fingerprint density at radius 1 is 1.08 bits per heavy atom. The standard InChI is InChI=1S/C19H23NO4/c1-2-16(11-21)20-10-14-3-6-17(7-4-14)22-12-15-5-8-18-19(9-15)24-13-23-18/h3-9,16,20-21H,2,10-13H2,1H3. The monoisotopic (exact) mass is 329 g/mol. The zero-order valence-corrected chi connectivity index (χ0v) is 13.8. The SMILES string of the molecule is CCC(CO)NCc1ccc(OCc2ccc3c(c2)OCO3)cc1. The topological polar surface area (TPSA) is 60.0 Å². The van der Waals surface area contributed by atoms with Crippen molar-refractivity contribution in [2.75, 3.05) is 13.4 Å². The molecule has 1 atom stereocenters. The number of rotatable bonds is 8. The third-order valence-electron chi connectivity index (χ3n) is 4.07. The predicted octanol–water partition coefficient (Wildman–Crippen LogP) is 2.85. The van der Waals surface area contributed by atoms with Crippen LogP contribution in [0.2, 0.25) is 0 Å². The molecule has 1 heterocycles. The molecule has 1 unspecified atom stereocenters. The third-order valence-corrected chi connectivity index (χ3v) is 4.07. The second-order valence-corrected chi connectivity index (χ2v) is 5.79. The van der Waals surface area contributed by atoms with Gasteiger partial charge in [-0.15, -0.1) is 0 Å². The van der Waals surface area contributed by atoms with Gasteiger partial charge in [0.15, 0.2) is 11.5 Å². The lowest BCUT2D eigenvalue weighted by atomic mass is 10.2. The van der Waals surface area contributed by atoms with Crippen molar-refractivity contribution in [3.8, 4) is 17.2 Å². The molecule has 2 aromatic rings.